The summed E-state index contributed by atoms with van der Waals surface area (Å²) < 4.78 is 2.26. The van der Waals surface area contributed by atoms with Gasteiger partial charge in [0.05, 0.1) is 5.69 Å². The van der Waals surface area contributed by atoms with Crippen molar-refractivity contribution in [2.75, 3.05) is 0 Å². The number of para-hydroxylation sites is 1. The summed E-state index contributed by atoms with van der Waals surface area (Å²) >= 11 is 6.03. The maximum atomic E-state index is 10.9. The molecule has 0 radical (unpaired) electrons. The molecule has 0 bridgehead atoms. The molecule has 3 rings (SSSR count). The number of aromatic nitrogens is 1. The topological polar surface area (TPSA) is 22.0 Å². The van der Waals surface area contributed by atoms with E-state index in [2.05, 4.69) is 30.5 Å². The van der Waals surface area contributed by atoms with Crippen molar-refractivity contribution in [2.24, 2.45) is 0 Å². The number of fused-ring (bicyclic) bond motifs is 1. The van der Waals surface area contributed by atoms with Gasteiger partial charge in [-0.25, -0.2) is 0 Å². The quantitative estimate of drug-likeness (QED) is 0.442. The summed E-state index contributed by atoms with van der Waals surface area (Å²) in [6, 6.07) is 16.4. The van der Waals surface area contributed by atoms with Gasteiger partial charge in [-0.1, -0.05) is 41.9 Å². The van der Waals surface area contributed by atoms with Crippen molar-refractivity contribution in [3.05, 3.63) is 65.3 Å². The van der Waals surface area contributed by atoms with E-state index in [-0.39, 0.29) is 6.04 Å². The van der Waals surface area contributed by atoms with Crippen LogP contribution in [-0.4, -0.2) is 10.9 Å². The molecule has 0 spiro atoms. The van der Waals surface area contributed by atoms with Crippen molar-refractivity contribution < 1.29 is 4.79 Å². The van der Waals surface area contributed by atoms with Crippen LogP contribution in [0.5, 0.6) is 0 Å². The second-order valence-electron chi connectivity index (χ2n) is 5.74. The minimum absolute atomic E-state index is 0.284. The molecule has 116 valence electrons. The lowest BCUT2D eigenvalue weighted by Gasteiger charge is -2.13. The van der Waals surface area contributed by atoms with E-state index in [1.165, 1.54) is 5.39 Å². The van der Waals surface area contributed by atoms with Gasteiger partial charge in [0, 0.05) is 27.5 Å². The molecule has 1 aromatic heterocycles. The van der Waals surface area contributed by atoms with Crippen LogP contribution in [0.3, 0.4) is 0 Å². The molecule has 0 aliphatic rings. The largest absolute Gasteiger partial charge is 0.338 e. The first-order valence-electron chi connectivity index (χ1n) is 7.64. The lowest BCUT2D eigenvalue weighted by molar-refractivity contribution is -0.104. The Balaban J connectivity index is 2.40. The second-order valence-corrected chi connectivity index (χ2v) is 6.18. The van der Waals surface area contributed by atoms with Crippen molar-refractivity contribution in [3.8, 4) is 11.1 Å². The fraction of sp³-hybridized carbons (Fsp3) is 0.150. The van der Waals surface area contributed by atoms with Crippen molar-refractivity contribution >= 4 is 34.9 Å². The number of carbonyl (C=O) groups excluding carboxylic acids is 1. The molecule has 2 aromatic carbocycles. The predicted octanol–water partition coefficient (Wildman–Crippen LogP) is 5.75. The molecular formula is C20H18ClNO. The van der Waals surface area contributed by atoms with Gasteiger partial charge in [-0.15, -0.1) is 0 Å². The summed E-state index contributed by atoms with van der Waals surface area (Å²) in [5.74, 6) is 0. The van der Waals surface area contributed by atoms with Crippen LogP contribution < -0.4 is 0 Å². The van der Waals surface area contributed by atoms with Gasteiger partial charge in [-0.2, -0.15) is 0 Å². The maximum Gasteiger partial charge on any atom is 0.142 e. The first-order chi connectivity index (χ1) is 11.1. The Bertz CT molecular complexity index is 873. The third kappa shape index (κ3) is 2.82. The van der Waals surface area contributed by atoms with E-state index in [1.807, 2.05) is 42.5 Å². The average molecular weight is 324 g/mol. The molecule has 0 atom stereocenters. The van der Waals surface area contributed by atoms with Crippen LogP contribution in [0.2, 0.25) is 5.02 Å². The van der Waals surface area contributed by atoms with Crippen molar-refractivity contribution in [1.29, 1.82) is 0 Å². The van der Waals surface area contributed by atoms with Gasteiger partial charge in [-0.3, -0.25) is 4.79 Å². The van der Waals surface area contributed by atoms with Gasteiger partial charge < -0.3 is 4.57 Å². The van der Waals surface area contributed by atoms with Crippen LogP contribution in [0.4, 0.5) is 0 Å². The van der Waals surface area contributed by atoms with Crippen LogP contribution >= 0.6 is 11.6 Å². The van der Waals surface area contributed by atoms with Gasteiger partial charge in [-0.05, 0) is 49.8 Å². The summed E-state index contributed by atoms with van der Waals surface area (Å²) in [6.45, 7) is 4.30. The second kappa shape index (κ2) is 6.43. The number of hydrogen-bond acceptors (Lipinski definition) is 1. The third-order valence-corrected chi connectivity index (χ3v) is 4.18. The highest BCUT2D eigenvalue weighted by Gasteiger charge is 2.18. The van der Waals surface area contributed by atoms with Crippen molar-refractivity contribution in [2.45, 2.75) is 19.9 Å². The molecule has 0 saturated carbocycles. The molecule has 0 aliphatic carbocycles. The van der Waals surface area contributed by atoms with Crippen molar-refractivity contribution in [1.82, 2.24) is 4.57 Å². The van der Waals surface area contributed by atoms with Crippen LogP contribution in [0, 0.1) is 0 Å². The molecule has 3 aromatic rings. The van der Waals surface area contributed by atoms with Crippen molar-refractivity contribution in [3.63, 3.8) is 0 Å². The Kier molecular flexibility index (Phi) is 4.35. The van der Waals surface area contributed by atoms with E-state index in [0.717, 1.165) is 28.6 Å². The zero-order valence-corrected chi connectivity index (χ0v) is 13.9. The maximum absolute atomic E-state index is 10.9. The number of halogens is 1. The number of hydrogen-bond donors (Lipinski definition) is 0. The van der Waals surface area contributed by atoms with E-state index in [9.17, 15) is 4.79 Å². The Morgan fingerprint density at radius 2 is 1.74 bits per heavy atom. The molecule has 0 unspecified atom stereocenters. The number of nitrogens with zero attached hydrogens (tertiary/aromatic N) is 1. The van der Waals surface area contributed by atoms with E-state index in [4.69, 9.17) is 11.6 Å². The molecule has 3 heteroatoms. The van der Waals surface area contributed by atoms with E-state index in [1.54, 1.807) is 6.08 Å². The fourth-order valence-electron chi connectivity index (χ4n) is 3.05. The Morgan fingerprint density at radius 3 is 2.39 bits per heavy atom. The molecule has 0 amide bonds. The normalized spacial score (nSPS) is 11.7. The lowest BCUT2D eigenvalue weighted by Crippen LogP contribution is -2.02. The molecule has 0 N–H and O–H groups in total. The first kappa shape index (κ1) is 15.6. The monoisotopic (exact) mass is 323 g/mol. The van der Waals surface area contributed by atoms with E-state index >= 15 is 0 Å². The van der Waals surface area contributed by atoms with E-state index in [0.29, 0.717) is 5.02 Å². The summed E-state index contributed by atoms with van der Waals surface area (Å²) in [4.78, 5) is 10.9. The molecule has 0 aliphatic heterocycles. The minimum atomic E-state index is 0.284. The molecule has 23 heavy (non-hydrogen) atoms. The molecular weight excluding hydrogens is 306 g/mol. The Morgan fingerprint density at radius 1 is 1.04 bits per heavy atom. The number of aldehydes is 1. The van der Waals surface area contributed by atoms with Gasteiger partial charge >= 0.3 is 0 Å². The minimum Gasteiger partial charge on any atom is -0.338 e. The molecule has 2 nitrogen and oxygen atoms in total. The van der Waals surface area contributed by atoms with Gasteiger partial charge in [0.2, 0.25) is 0 Å². The highest BCUT2D eigenvalue weighted by atomic mass is 35.5. The van der Waals surface area contributed by atoms with Crippen LogP contribution in [0.25, 0.3) is 28.1 Å². The van der Waals surface area contributed by atoms with Gasteiger partial charge in [0.25, 0.3) is 0 Å². The average Bonchev–Trinajstić information content (AvgIpc) is 2.88. The highest BCUT2D eigenvalue weighted by Crippen LogP contribution is 2.38. The van der Waals surface area contributed by atoms with Crippen LogP contribution in [-0.2, 0) is 4.79 Å². The molecule has 1 heterocycles. The van der Waals surface area contributed by atoms with Gasteiger partial charge in [0.15, 0.2) is 0 Å². The van der Waals surface area contributed by atoms with Crippen LogP contribution in [0.1, 0.15) is 25.6 Å². The predicted molar refractivity (Wildman–Crippen MR) is 97.9 cm³/mol. The number of rotatable bonds is 4. The van der Waals surface area contributed by atoms with E-state index < -0.39 is 0 Å². The summed E-state index contributed by atoms with van der Waals surface area (Å²) in [5, 5.41) is 1.89. The summed E-state index contributed by atoms with van der Waals surface area (Å²) in [7, 11) is 0. The Labute approximate surface area is 141 Å². The zero-order chi connectivity index (χ0) is 16.4. The SMILES string of the molecule is CC(C)n1c(/C=C/C=O)c(-c2ccc(Cl)cc2)c2ccccc21. The zero-order valence-electron chi connectivity index (χ0n) is 13.2. The molecule has 0 saturated heterocycles. The number of benzene rings is 2. The first-order valence-corrected chi connectivity index (χ1v) is 8.02. The summed E-state index contributed by atoms with van der Waals surface area (Å²) in [5.41, 5.74) is 4.42. The smallest absolute Gasteiger partial charge is 0.142 e. The number of allylic oxidation sites excluding steroid dienone is 1. The van der Waals surface area contributed by atoms with Gasteiger partial charge in [0.1, 0.15) is 6.29 Å². The Hall–Kier alpha value is -2.32. The number of carbonyl (C=O) groups is 1. The highest BCUT2D eigenvalue weighted by molar-refractivity contribution is 6.30. The van der Waals surface area contributed by atoms with Crippen LogP contribution in [0.15, 0.2) is 54.6 Å². The lowest BCUT2D eigenvalue weighted by atomic mass is 10.0. The third-order valence-electron chi connectivity index (χ3n) is 3.93. The fourth-order valence-corrected chi connectivity index (χ4v) is 3.18. The standard InChI is InChI=1S/C20H18ClNO/c1-14(2)22-18-7-4-3-6-17(18)20(19(22)8-5-13-23)15-9-11-16(21)12-10-15/h3-14H,1-2H3/b8-5+. The summed E-state index contributed by atoms with van der Waals surface area (Å²) in [6.07, 6.45) is 4.25. The molecule has 0 fully saturated rings.